The van der Waals surface area contributed by atoms with E-state index in [-0.39, 0.29) is 11.9 Å². The van der Waals surface area contributed by atoms with Crippen molar-refractivity contribution in [3.05, 3.63) is 65.5 Å². The van der Waals surface area contributed by atoms with Crippen molar-refractivity contribution in [3.63, 3.8) is 0 Å². The molecule has 1 heterocycles. The lowest BCUT2D eigenvalue weighted by molar-refractivity contribution is 0.0742. The van der Waals surface area contributed by atoms with Crippen LogP contribution >= 0.6 is 15.9 Å². The maximum absolute atomic E-state index is 12.5. The molecule has 0 fully saturated rings. The molecule has 1 unspecified atom stereocenters. The summed E-state index contributed by atoms with van der Waals surface area (Å²) in [7, 11) is 1.83. The largest absolute Gasteiger partial charge is 0.335 e. The van der Waals surface area contributed by atoms with E-state index in [1.54, 1.807) is 17.3 Å². The number of amides is 1. The highest BCUT2D eigenvalue weighted by Gasteiger charge is 2.18. The Kier molecular flexibility index (Phi) is 4.90. The van der Waals surface area contributed by atoms with Crippen molar-refractivity contribution in [2.45, 2.75) is 18.3 Å². The Labute approximate surface area is 127 Å². The number of rotatable bonds is 4. The van der Waals surface area contributed by atoms with Gasteiger partial charge in [-0.05, 0) is 42.3 Å². The molecule has 0 bridgehead atoms. The summed E-state index contributed by atoms with van der Waals surface area (Å²) in [5.74, 6) is 0.0236. The first-order valence-electron chi connectivity index (χ1n) is 6.45. The summed E-state index contributed by atoms with van der Waals surface area (Å²) in [5.41, 5.74) is 2.94. The minimum absolute atomic E-state index is 0.0151. The zero-order valence-electron chi connectivity index (χ0n) is 11.6. The van der Waals surface area contributed by atoms with Gasteiger partial charge in [-0.2, -0.15) is 0 Å². The maximum Gasteiger partial charge on any atom is 0.254 e. The standard InChI is InChI=1S/C16H17BrN2O/c1-12(14-7-9-18-10-8-14)19(2)16(20)15-5-3-13(11-17)4-6-15/h3-10,12H,11H2,1-2H3. The number of aromatic nitrogens is 1. The summed E-state index contributed by atoms with van der Waals surface area (Å²) in [6.07, 6.45) is 3.49. The Morgan fingerprint density at radius 3 is 2.35 bits per heavy atom. The van der Waals surface area contributed by atoms with Crippen LogP contribution in [0.4, 0.5) is 0 Å². The fraction of sp³-hybridized carbons (Fsp3) is 0.250. The van der Waals surface area contributed by atoms with Crippen LogP contribution in [0, 0.1) is 0 Å². The Balaban J connectivity index is 2.15. The van der Waals surface area contributed by atoms with Crippen molar-refractivity contribution >= 4 is 21.8 Å². The van der Waals surface area contributed by atoms with Crippen molar-refractivity contribution < 1.29 is 4.79 Å². The van der Waals surface area contributed by atoms with Crippen LogP contribution in [0.2, 0.25) is 0 Å². The van der Waals surface area contributed by atoms with E-state index in [9.17, 15) is 4.79 Å². The first-order valence-corrected chi connectivity index (χ1v) is 7.57. The lowest BCUT2D eigenvalue weighted by atomic mass is 10.1. The summed E-state index contributed by atoms with van der Waals surface area (Å²) in [5, 5.41) is 0.796. The molecule has 0 spiro atoms. The second-order valence-corrected chi connectivity index (χ2v) is 5.26. The van der Waals surface area contributed by atoms with Crippen LogP contribution in [0.3, 0.4) is 0 Å². The topological polar surface area (TPSA) is 33.2 Å². The SMILES string of the molecule is CC(c1ccncc1)N(C)C(=O)c1ccc(CBr)cc1. The first-order chi connectivity index (χ1) is 9.63. The number of carbonyl (C=O) groups excluding carboxylic acids is 1. The summed E-state index contributed by atoms with van der Waals surface area (Å²) in [4.78, 5) is 18.2. The summed E-state index contributed by atoms with van der Waals surface area (Å²) in [6.45, 7) is 2.01. The molecule has 1 atom stereocenters. The van der Waals surface area contributed by atoms with Gasteiger partial charge in [0.1, 0.15) is 0 Å². The molecule has 1 aromatic carbocycles. The van der Waals surface area contributed by atoms with E-state index in [1.807, 2.05) is 50.4 Å². The van der Waals surface area contributed by atoms with Gasteiger partial charge in [0.2, 0.25) is 0 Å². The normalized spacial score (nSPS) is 11.9. The van der Waals surface area contributed by atoms with E-state index in [1.165, 1.54) is 0 Å². The van der Waals surface area contributed by atoms with Gasteiger partial charge < -0.3 is 4.90 Å². The van der Waals surface area contributed by atoms with Crippen molar-refractivity contribution in [1.29, 1.82) is 0 Å². The second kappa shape index (κ2) is 6.66. The zero-order chi connectivity index (χ0) is 14.5. The third-order valence-corrected chi connectivity index (χ3v) is 4.09. The molecule has 0 saturated carbocycles. The zero-order valence-corrected chi connectivity index (χ0v) is 13.2. The molecule has 0 saturated heterocycles. The molecule has 0 aliphatic carbocycles. The van der Waals surface area contributed by atoms with Crippen LogP contribution in [0.25, 0.3) is 0 Å². The molecule has 0 aliphatic heterocycles. The average molecular weight is 333 g/mol. The first kappa shape index (κ1) is 14.7. The molecular formula is C16H17BrN2O. The van der Waals surface area contributed by atoms with Crippen molar-refractivity contribution in [1.82, 2.24) is 9.88 Å². The second-order valence-electron chi connectivity index (χ2n) is 4.70. The number of nitrogens with zero attached hydrogens (tertiary/aromatic N) is 2. The van der Waals surface area contributed by atoms with Crippen molar-refractivity contribution in [2.75, 3.05) is 7.05 Å². The highest BCUT2D eigenvalue weighted by molar-refractivity contribution is 9.08. The smallest absolute Gasteiger partial charge is 0.254 e. The minimum atomic E-state index is 0.0151. The number of halogens is 1. The Bertz CT molecular complexity index is 569. The number of alkyl halides is 1. The molecule has 2 aromatic rings. The molecule has 1 aromatic heterocycles. The third kappa shape index (κ3) is 3.25. The molecule has 3 nitrogen and oxygen atoms in total. The summed E-state index contributed by atoms with van der Waals surface area (Å²) >= 11 is 3.40. The molecular weight excluding hydrogens is 316 g/mol. The van der Waals surface area contributed by atoms with E-state index in [0.29, 0.717) is 5.56 Å². The molecule has 104 valence electrons. The van der Waals surface area contributed by atoms with E-state index in [0.717, 1.165) is 16.5 Å². The van der Waals surface area contributed by atoms with Crippen LogP contribution in [0.15, 0.2) is 48.8 Å². The van der Waals surface area contributed by atoms with Crippen LogP contribution in [0.1, 0.15) is 34.5 Å². The number of hydrogen-bond donors (Lipinski definition) is 0. The molecule has 0 radical (unpaired) electrons. The van der Waals surface area contributed by atoms with Gasteiger partial charge in [0.25, 0.3) is 5.91 Å². The number of pyridine rings is 1. The predicted octanol–water partition coefficient (Wildman–Crippen LogP) is 3.81. The monoisotopic (exact) mass is 332 g/mol. The number of benzene rings is 1. The lowest BCUT2D eigenvalue weighted by Crippen LogP contribution is -2.29. The molecule has 20 heavy (non-hydrogen) atoms. The number of hydrogen-bond acceptors (Lipinski definition) is 2. The molecule has 1 amide bonds. The molecule has 4 heteroatoms. The van der Waals surface area contributed by atoms with Gasteiger partial charge in [-0.3, -0.25) is 9.78 Å². The van der Waals surface area contributed by atoms with Crippen LogP contribution in [-0.2, 0) is 5.33 Å². The van der Waals surface area contributed by atoms with Gasteiger partial charge in [0.05, 0.1) is 6.04 Å². The molecule has 2 rings (SSSR count). The van der Waals surface area contributed by atoms with Crippen LogP contribution in [0.5, 0.6) is 0 Å². The predicted molar refractivity (Wildman–Crippen MR) is 83.8 cm³/mol. The van der Waals surface area contributed by atoms with E-state index in [2.05, 4.69) is 20.9 Å². The van der Waals surface area contributed by atoms with Gasteiger partial charge >= 0.3 is 0 Å². The molecule has 0 aliphatic rings. The highest BCUT2D eigenvalue weighted by Crippen LogP contribution is 2.20. The van der Waals surface area contributed by atoms with Crippen LogP contribution in [-0.4, -0.2) is 22.8 Å². The van der Waals surface area contributed by atoms with Gasteiger partial charge in [0.15, 0.2) is 0 Å². The Morgan fingerprint density at radius 1 is 1.20 bits per heavy atom. The van der Waals surface area contributed by atoms with E-state index < -0.39 is 0 Å². The van der Waals surface area contributed by atoms with E-state index in [4.69, 9.17) is 0 Å². The summed E-state index contributed by atoms with van der Waals surface area (Å²) in [6, 6.07) is 11.6. The van der Waals surface area contributed by atoms with Gasteiger partial charge in [0, 0.05) is 30.3 Å². The summed E-state index contributed by atoms with van der Waals surface area (Å²) < 4.78 is 0. The quantitative estimate of drug-likeness (QED) is 0.797. The maximum atomic E-state index is 12.5. The fourth-order valence-electron chi connectivity index (χ4n) is 1.98. The van der Waals surface area contributed by atoms with Gasteiger partial charge in [-0.15, -0.1) is 0 Å². The van der Waals surface area contributed by atoms with Crippen molar-refractivity contribution in [3.8, 4) is 0 Å². The Hall–Kier alpha value is -1.68. The van der Waals surface area contributed by atoms with Gasteiger partial charge in [-0.25, -0.2) is 0 Å². The lowest BCUT2D eigenvalue weighted by Gasteiger charge is -2.25. The Morgan fingerprint density at radius 2 is 1.80 bits per heavy atom. The minimum Gasteiger partial charge on any atom is -0.335 e. The van der Waals surface area contributed by atoms with E-state index >= 15 is 0 Å². The average Bonchev–Trinajstić information content (AvgIpc) is 2.53. The molecule has 0 N–H and O–H groups in total. The van der Waals surface area contributed by atoms with Gasteiger partial charge in [-0.1, -0.05) is 28.1 Å². The van der Waals surface area contributed by atoms with Crippen molar-refractivity contribution in [2.24, 2.45) is 0 Å². The number of carbonyl (C=O) groups is 1. The fourth-order valence-corrected chi connectivity index (χ4v) is 2.36. The highest BCUT2D eigenvalue weighted by atomic mass is 79.9. The third-order valence-electron chi connectivity index (χ3n) is 3.44. The van der Waals surface area contributed by atoms with Crippen LogP contribution < -0.4 is 0 Å².